The molecule has 0 bridgehead atoms. The van der Waals surface area contributed by atoms with Crippen LogP contribution < -0.4 is 20.3 Å². The predicted octanol–water partition coefficient (Wildman–Crippen LogP) is 2.33. The fourth-order valence-corrected chi connectivity index (χ4v) is 2.93. The van der Waals surface area contributed by atoms with Crippen molar-refractivity contribution < 1.29 is 19.1 Å². The van der Waals surface area contributed by atoms with E-state index in [0.29, 0.717) is 28.3 Å². The molecule has 3 amide bonds. The zero-order chi connectivity index (χ0) is 18.8. The van der Waals surface area contributed by atoms with E-state index in [9.17, 15) is 14.4 Å². The second kappa shape index (κ2) is 6.93. The number of rotatable bonds is 3. The van der Waals surface area contributed by atoms with Gasteiger partial charge in [-0.05, 0) is 36.5 Å². The highest BCUT2D eigenvalue weighted by Gasteiger charge is 2.37. The maximum atomic E-state index is 12.6. The molecule has 0 spiro atoms. The maximum absolute atomic E-state index is 12.6. The average Bonchev–Trinajstić information content (AvgIpc) is 2.86. The summed E-state index contributed by atoms with van der Waals surface area (Å²) in [5.74, 6) is -0.788. The van der Waals surface area contributed by atoms with Crippen molar-refractivity contribution in [3.05, 3.63) is 53.6 Å². The largest absolute Gasteiger partial charge is 0.494 e. The van der Waals surface area contributed by atoms with E-state index in [0.717, 1.165) is 4.90 Å². The van der Waals surface area contributed by atoms with E-state index in [1.54, 1.807) is 42.5 Å². The Balaban J connectivity index is 1.92. The topological polar surface area (TPSA) is 87.7 Å². The number of imide groups is 1. The van der Waals surface area contributed by atoms with Crippen LogP contribution in [0.25, 0.3) is 0 Å². The third-order valence-corrected chi connectivity index (χ3v) is 3.97. The van der Waals surface area contributed by atoms with Gasteiger partial charge >= 0.3 is 0 Å². The quantitative estimate of drug-likeness (QED) is 0.638. The number of methoxy groups -OCH3 is 1. The van der Waals surface area contributed by atoms with Crippen LogP contribution in [0.2, 0.25) is 0 Å². The van der Waals surface area contributed by atoms with Crippen LogP contribution >= 0.6 is 12.2 Å². The molecule has 0 aromatic heterocycles. The molecule has 1 aliphatic rings. The molecule has 1 aliphatic heterocycles. The van der Waals surface area contributed by atoms with Crippen LogP contribution in [-0.2, 0) is 4.79 Å². The Hall–Kier alpha value is -3.26. The number of fused-ring (bicyclic) bond motifs is 1. The summed E-state index contributed by atoms with van der Waals surface area (Å²) in [5.41, 5.74) is 1.58. The van der Waals surface area contributed by atoms with E-state index in [2.05, 4.69) is 10.6 Å². The van der Waals surface area contributed by atoms with Gasteiger partial charge in [0, 0.05) is 18.7 Å². The van der Waals surface area contributed by atoms with E-state index < -0.39 is 11.8 Å². The molecule has 0 atom stereocenters. The maximum Gasteiger partial charge on any atom is 0.266 e. The van der Waals surface area contributed by atoms with Crippen molar-refractivity contribution >= 4 is 46.4 Å². The summed E-state index contributed by atoms with van der Waals surface area (Å²) >= 11 is 5.01. The molecule has 26 heavy (non-hydrogen) atoms. The van der Waals surface area contributed by atoms with Crippen molar-refractivity contribution in [1.29, 1.82) is 0 Å². The molecule has 132 valence electrons. The number of carbonyl (C=O) groups excluding carboxylic acids is 3. The number of carbonyl (C=O) groups is 3. The smallest absolute Gasteiger partial charge is 0.266 e. The van der Waals surface area contributed by atoms with Crippen LogP contribution in [0.1, 0.15) is 27.6 Å². The third kappa shape index (κ3) is 3.14. The van der Waals surface area contributed by atoms with Crippen molar-refractivity contribution in [2.24, 2.45) is 0 Å². The molecule has 0 unspecified atom stereocenters. The fraction of sp³-hybridized carbons (Fsp3) is 0.111. The first kappa shape index (κ1) is 17.6. The monoisotopic (exact) mass is 369 g/mol. The van der Waals surface area contributed by atoms with E-state index >= 15 is 0 Å². The standard InChI is InChI=1S/C18H15N3O4S/c1-10(22)19-18(26)20-11-7-8-14(15(9-11)25-2)21-16(23)12-5-3-4-6-13(12)17(21)24/h3-9H,1-2H3,(H2,19,20,22,26). The highest BCUT2D eigenvalue weighted by Crippen LogP contribution is 2.36. The zero-order valence-electron chi connectivity index (χ0n) is 14.0. The number of hydrogen-bond donors (Lipinski definition) is 2. The summed E-state index contributed by atoms with van der Waals surface area (Å²) in [6.45, 7) is 1.35. The third-order valence-electron chi connectivity index (χ3n) is 3.76. The van der Waals surface area contributed by atoms with Crippen LogP contribution in [0.3, 0.4) is 0 Å². The fourth-order valence-electron chi connectivity index (χ4n) is 2.67. The molecule has 3 rings (SSSR count). The summed E-state index contributed by atoms with van der Waals surface area (Å²) in [6, 6.07) is 11.5. The summed E-state index contributed by atoms with van der Waals surface area (Å²) in [4.78, 5) is 37.4. The highest BCUT2D eigenvalue weighted by atomic mass is 32.1. The van der Waals surface area contributed by atoms with Gasteiger partial charge in [0.1, 0.15) is 5.75 Å². The van der Waals surface area contributed by atoms with Gasteiger partial charge in [0.25, 0.3) is 11.8 Å². The average molecular weight is 369 g/mol. The second-order valence-electron chi connectivity index (χ2n) is 5.51. The van der Waals surface area contributed by atoms with Crippen LogP contribution in [0.5, 0.6) is 5.75 Å². The molecule has 0 saturated heterocycles. The van der Waals surface area contributed by atoms with Crippen molar-refractivity contribution in [2.75, 3.05) is 17.3 Å². The Morgan fingerprint density at radius 1 is 1.08 bits per heavy atom. The molecule has 7 nitrogen and oxygen atoms in total. The number of ether oxygens (including phenoxy) is 1. The lowest BCUT2D eigenvalue weighted by Crippen LogP contribution is -2.32. The van der Waals surface area contributed by atoms with Gasteiger partial charge in [-0.2, -0.15) is 0 Å². The Labute approximate surface area is 154 Å². The van der Waals surface area contributed by atoms with Gasteiger partial charge in [0.05, 0.1) is 23.9 Å². The zero-order valence-corrected chi connectivity index (χ0v) is 14.8. The number of benzene rings is 2. The molecular formula is C18H15N3O4S. The first-order valence-electron chi connectivity index (χ1n) is 7.67. The van der Waals surface area contributed by atoms with Crippen molar-refractivity contribution in [3.63, 3.8) is 0 Å². The number of thiocarbonyl (C=S) groups is 1. The summed E-state index contributed by atoms with van der Waals surface area (Å²) < 4.78 is 5.34. The molecule has 0 radical (unpaired) electrons. The minimum absolute atomic E-state index is 0.132. The van der Waals surface area contributed by atoms with E-state index in [1.807, 2.05) is 0 Å². The van der Waals surface area contributed by atoms with Gasteiger partial charge in [-0.25, -0.2) is 4.90 Å². The van der Waals surface area contributed by atoms with Gasteiger partial charge in [0.15, 0.2) is 5.11 Å². The van der Waals surface area contributed by atoms with Crippen LogP contribution in [-0.4, -0.2) is 29.9 Å². The summed E-state index contributed by atoms with van der Waals surface area (Å²) in [6.07, 6.45) is 0. The highest BCUT2D eigenvalue weighted by molar-refractivity contribution is 7.80. The van der Waals surface area contributed by atoms with Gasteiger partial charge < -0.3 is 15.4 Å². The molecule has 2 aromatic rings. The number of nitrogens with zero attached hydrogens (tertiary/aromatic N) is 1. The Kier molecular flexibility index (Phi) is 4.68. The molecule has 0 fully saturated rings. The Morgan fingerprint density at radius 3 is 2.23 bits per heavy atom. The number of hydrogen-bond acceptors (Lipinski definition) is 5. The molecular weight excluding hydrogens is 354 g/mol. The lowest BCUT2D eigenvalue weighted by molar-refractivity contribution is -0.117. The minimum atomic E-state index is -0.404. The first-order chi connectivity index (χ1) is 12.4. The lowest BCUT2D eigenvalue weighted by Gasteiger charge is -2.18. The van der Waals surface area contributed by atoms with Crippen LogP contribution in [0.15, 0.2) is 42.5 Å². The molecule has 0 aliphatic carbocycles. The van der Waals surface area contributed by atoms with Crippen molar-refractivity contribution in [1.82, 2.24) is 5.32 Å². The van der Waals surface area contributed by atoms with Crippen molar-refractivity contribution in [2.45, 2.75) is 6.92 Å². The number of anilines is 2. The SMILES string of the molecule is COc1cc(NC(=S)NC(C)=O)ccc1N1C(=O)c2ccccc2C1=O. The molecule has 2 aromatic carbocycles. The van der Waals surface area contributed by atoms with Crippen molar-refractivity contribution in [3.8, 4) is 5.75 Å². The molecule has 1 heterocycles. The second-order valence-corrected chi connectivity index (χ2v) is 5.92. The van der Waals surface area contributed by atoms with Gasteiger partial charge in [-0.15, -0.1) is 0 Å². The first-order valence-corrected chi connectivity index (χ1v) is 8.07. The van der Waals surface area contributed by atoms with Crippen LogP contribution in [0, 0.1) is 0 Å². The summed E-state index contributed by atoms with van der Waals surface area (Å²) in [5, 5.41) is 5.42. The lowest BCUT2D eigenvalue weighted by atomic mass is 10.1. The van der Waals surface area contributed by atoms with Gasteiger partial charge in [-0.3, -0.25) is 14.4 Å². The number of nitrogens with one attached hydrogen (secondary N) is 2. The van der Waals surface area contributed by atoms with E-state index in [-0.39, 0.29) is 11.0 Å². The van der Waals surface area contributed by atoms with E-state index in [4.69, 9.17) is 17.0 Å². The Bertz CT molecular complexity index is 907. The number of amides is 3. The Morgan fingerprint density at radius 2 is 1.69 bits per heavy atom. The minimum Gasteiger partial charge on any atom is -0.494 e. The van der Waals surface area contributed by atoms with E-state index in [1.165, 1.54) is 14.0 Å². The van der Waals surface area contributed by atoms with Gasteiger partial charge in [0.2, 0.25) is 5.91 Å². The normalized spacial score (nSPS) is 12.6. The molecule has 2 N–H and O–H groups in total. The summed E-state index contributed by atoms with van der Waals surface area (Å²) in [7, 11) is 1.44. The van der Waals surface area contributed by atoms with Crippen LogP contribution in [0.4, 0.5) is 11.4 Å². The molecule has 0 saturated carbocycles. The van der Waals surface area contributed by atoms with Gasteiger partial charge in [-0.1, -0.05) is 12.1 Å². The predicted molar refractivity (Wildman–Crippen MR) is 101 cm³/mol. The molecule has 8 heteroatoms.